The Morgan fingerprint density at radius 1 is 1.40 bits per heavy atom. The van der Waals surface area contributed by atoms with E-state index in [1.54, 1.807) is 4.90 Å². The Morgan fingerprint density at radius 2 is 2.16 bits per heavy atom. The van der Waals surface area contributed by atoms with Crippen LogP contribution in [0.3, 0.4) is 0 Å². The number of hydrogen-bond donors (Lipinski definition) is 2. The molecule has 138 valence electrons. The van der Waals surface area contributed by atoms with Crippen molar-refractivity contribution in [1.82, 2.24) is 14.9 Å². The fourth-order valence-electron chi connectivity index (χ4n) is 4.07. The number of hydrogen-bond acceptors (Lipinski definition) is 7. The van der Waals surface area contributed by atoms with Gasteiger partial charge in [0, 0.05) is 12.6 Å². The van der Waals surface area contributed by atoms with E-state index in [1.807, 2.05) is 4.72 Å². The van der Waals surface area contributed by atoms with Crippen molar-refractivity contribution in [2.75, 3.05) is 19.4 Å². The Bertz CT molecular complexity index is 703. The van der Waals surface area contributed by atoms with Crippen LogP contribution in [0.5, 0.6) is 0 Å². The smallest absolute Gasteiger partial charge is 0.259 e. The molecule has 1 saturated carbocycles. The molecule has 2 amide bonds. The van der Waals surface area contributed by atoms with Crippen LogP contribution in [-0.2, 0) is 24.3 Å². The Morgan fingerprint density at radius 3 is 2.76 bits per heavy atom. The summed E-state index contributed by atoms with van der Waals surface area (Å²) in [6.45, 7) is 0.294. The van der Waals surface area contributed by atoms with Crippen LogP contribution in [0, 0.1) is 17.2 Å². The van der Waals surface area contributed by atoms with Crippen molar-refractivity contribution < 1.29 is 22.7 Å². The number of amides is 2. The van der Waals surface area contributed by atoms with Gasteiger partial charge >= 0.3 is 0 Å². The molecular formula is C15H22N4O5S. The molecule has 0 radical (unpaired) electrons. The number of likely N-dealkylation sites (tertiary alicyclic amines) is 1. The summed E-state index contributed by atoms with van der Waals surface area (Å²) < 4.78 is 29.4. The summed E-state index contributed by atoms with van der Waals surface area (Å²) in [5.74, 6) is -0.614. The van der Waals surface area contributed by atoms with Crippen LogP contribution in [-0.4, -0.2) is 68.8 Å². The molecule has 0 aromatic rings. The molecule has 10 heteroatoms. The highest BCUT2D eigenvalue weighted by atomic mass is 32.2. The largest absolute Gasteiger partial charge is 0.367 e. The van der Waals surface area contributed by atoms with Crippen molar-refractivity contribution in [2.24, 2.45) is 5.92 Å². The molecule has 1 aliphatic carbocycles. The number of fused-ring (bicyclic) bond motifs is 2. The van der Waals surface area contributed by atoms with Crippen LogP contribution in [0.25, 0.3) is 0 Å². The lowest BCUT2D eigenvalue weighted by Crippen LogP contribution is -2.54. The SMILES string of the molecule is CS(=O)(=O)NC(=O)CO[C@@H]1C[C@H]2C[C@@H]1N[C@@H]2C(=O)N1CCC[C@H]1C#N. The molecule has 0 unspecified atom stereocenters. The van der Waals surface area contributed by atoms with Gasteiger partial charge in [0.25, 0.3) is 5.91 Å². The van der Waals surface area contributed by atoms with Crippen LogP contribution in [0.4, 0.5) is 0 Å². The second-order valence-electron chi connectivity index (χ2n) is 6.95. The van der Waals surface area contributed by atoms with Gasteiger partial charge in [-0.3, -0.25) is 14.3 Å². The number of nitriles is 1. The van der Waals surface area contributed by atoms with E-state index < -0.39 is 15.9 Å². The first kappa shape index (κ1) is 18.1. The fraction of sp³-hybridized carbons (Fsp3) is 0.800. The third kappa shape index (κ3) is 3.94. The quantitative estimate of drug-likeness (QED) is 0.616. The van der Waals surface area contributed by atoms with E-state index in [0.717, 1.165) is 25.5 Å². The molecule has 0 spiro atoms. The van der Waals surface area contributed by atoms with E-state index in [-0.39, 0.29) is 42.7 Å². The third-order valence-corrected chi connectivity index (χ3v) is 5.68. The van der Waals surface area contributed by atoms with Crippen molar-refractivity contribution in [3.05, 3.63) is 0 Å². The van der Waals surface area contributed by atoms with Crippen LogP contribution >= 0.6 is 0 Å². The van der Waals surface area contributed by atoms with Crippen molar-refractivity contribution in [3.8, 4) is 6.07 Å². The number of rotatable bonds is 5. The topological polar surface area (TPSA) is 129 Å². The Balaban J connectivity index is 1.50. The van der Waals surface area contributed by atoms with E-state index in [0.29, 0.717) is 13.0 Å². The number of nitrogens with one attached hydrogen (secondary N) is 2. The number of piperidine rings is 1. The van der Waals surface area contributed by atoms with Crippen LogP contribution in [0.15, 0.2) is 0 Å². The molecule has 2 saturated heterocycles. The van der Waals surface area contributed by atoms with Crippen LogP contribution in [0.2, 0.25) is 0 Å². The van der Waals surface area contributed by atoms with Crippen molar-refractivity contribution in [1.29, 1.82) is 5.26 Å². The molecule has 3 fully saturated rings. The maximum Gasteiger partial charge on any atom is 0.259 e. The predicted octanol–water partition coefficient (Wildman–Crippen LogP) is -1.29. The second-order valence-corrected chi connectivity index (χ2v) is 8.70. The molecule has 2 bridgehead atoms. The number of ether oxygens (including phenoxy) is 1. The molecule has 3 rings (SSSR count). The summed E-state index contributed by atoms with van der Waals surface area (Å²) >= 11 is 0. The zero-order valence-electron chi connectivity index (χ0n) is 14.0. The molecule has 2 heterocycles. The summed E-state index contributed by atoms with van der Waals surface area (Å²) in [7, 11) is -3.59. The zero-order chi connectivity index (χ0) is 18.2. The molecule has 25 heavy (non-hydrogen) atoms. The fourth-order valence-corrected chi connectivity index (χ4v) is 4.54. The van der Waals surface area contributed by atoms with Gasteiger partial charge in [0.05, 0.1) is 24.5 Å². The minimum atomic E-state index is -3.59. The van der Waals surface area contributed by atoms with E-state index >= 15 is 0 Å². The second kappa shape index (κ2) is 6.90. The number of carbonyl (C=O) groups excluding carboxylic acids is 2. The predicted molar refractivity (Wildman–Crippen MR) is 86.5 cm³/mol. The molecule has 0 aromatic heterocycles. The highest BCUT2D eigenvalue weighted by Crippen LogP contribution is 2.38. The van der Waals surface area contributed by atoms with E-state index in [1.165, 1.54) is 0 Å². The normalized spacial score (nSPS) is 34.1. The van der Waals surface area contributed by atoms with Gasteiger partial charge in [0.15, 0.2) is 0 Å². The monoisotopic (exact) mass is 370 g/mol. The standard InChI is InChI=1S/C15H22N4O5S/c1-25(22,23)18-13(20)8-24-12-6-9-5-11(12)17-14(9)15(21)19-4-2-3-10(19)7-16/h9-12,14,17H,2-6,8H2,1H3,(H,18,20)/t9-,10+,11+,12-,14+/m1/s1. The van der Waals surface area contributed by atoms with Gasteiger partial charge in [0.1, 0.15) is 12.6 Å². The minimum Gasteiger partial charge on any atom is -0.367 e. The van der Waals surface area contributed by atoms with Gasteiger partial charge in [-0.05, 0) is 31.6 Å². The molecule has 2 aliphatic heterocycles. The molecule has 0 aromatic carbocycles. The molecule has 5 atom stereocenters. The van der Waals surface area contributed by atoms with Gasteiger partial charge in [-0.15, -0.1) is 0 Å². The highest BCUT2D eigenvalue weighted by Gasteiger charge is 2.50. The Labute approximate surface area is 146 Å². The lowest BCUT2D eigenvalue weighted by Gasteiger charge is -2.32. The van der Waals surface area contributed by atoms with Crippen molar-refractivity contribution in [2.45, 2.75) is 49.9 Å². The van der Waals surface area contributed by atoms with Crippen LogP contribution in [0.1, 0.15) is 25.7 Å². The first-order chi connectivity index (χ1) is 11.8. The molecular weight excluding hydrogens is 348 g/mol. The zero-order valence-corrected chi connectivity index (χ0v) is 14.8. The average Bonchev–Trinajstić information content (AvgIpc) is 3.24. The Kier molecular flexibility index (Phi) is 4.99. The van der Waals surface area contributed by atoms with Gasteiger partial charge in [-0.25, -0.2) is 8.42 Å². The maximum atomic E-state index is 12.7. The summed E-state index contributed by atoms with van der Waals surface area (Å²) in [5, 5.41) is 12.4. The number of sulfonamides is 1. The first-order valence-electron chi connectivity index (χ1n) is 8.37. The maximum absolute atomic E-state index is 12.7. The van der Waals surface area contributed by atoms with Gasteiger partial charge in [0.2, 0.25) is 15.9 Å². The Hall–Kier alpha value is -1.70. The van der Waals surface area contributed by atoms with Crippen LogP contribution < -0.4 is 10.0 Å². The molecule has 9 nitrogen and oxygen atoms in total. The highest BCUT2D eigenvalue weighted by molar-refractivity contribution is 7.89. The third-order valence-electron chi connectivity index (χ3n) is 5.08. The minimum absolute atomic E-state index is 0.0233. The summed E-state index contributed by atoms with van der Waals surface area (Å²) in [4.78, 5) is 25.8. The van der Waals surface area contributed by atoms with E-state index in [9.17, 15) is 18.0 Å². The number of carbonyl (C=O) groups is 2. The van der Waals surface area contributed by atoms with Gasteiger partial charge < -0.3 is 15.0 Å². The molecule has 3 aliphatic rings. The van der Waals surface area contributed by atoms with Gasteiger partial charge in [-0.2, -0.15) is 5.26 Å². The first-order valence-corrected chi connectivity index (χ1v) is 10.3. The lowest BCUT2D eigenvalue weighted by atomic mass is 9.97. The summed E-state index contributed by atoms with van der Waals surface area (Å²) in [6.07, 6.45) is 3.69. The lowest BCUT2D eigenvalue weighted by molar-refractivity contribution is -0.136. The average molecular weight is 370 g/mol. The van der Waals surface area contributed by atoms with E-state index in [4.69, 9.17) is 10.00 Å². The molecule has 2 N–H and O–H groups in total. The summed E-state index contributed by atoms with van der Waals surface area (Å²) in [5.41, 5.74) is 0. The van der Waals surface area contributed by atoms with Gasteiger partial charge in [-0.1, -0.05) is 0 Å². The van der Waals surface area contributed by atoms with E-state index in [2.05, 4.69) is 11.4 Å². The number of nitrogens with zero attached hydrogens (tertiary/aromatic N) is 2. The summed E-state index contributed by atoms with van der Waals surface area (Å²) in [6, 6.07) is 1.51. The van der Waals surface area contributed by atoms with Crippen molar-refractivity contribution >= 4 is 21.8 Å². The van der Waals surface area contributed by atoms with Crippen molar-refractivity contribution in [3.63, 3.8) is 0 Å².